The summed E-state index contributed by atoms with van der Waals surface area (Å²) < 4.78 is 4.48. The van der Waals surface area contributed by atoms with Gasteiger partial charge in [-0.1, -0.05) is 0 Å². The number of hydrogen-bond acceptors (Lipinski definition) is 3. The maximum atomic E-state index is 9.69. The van der Waals surface area contributed by atoms with Crippen molar-refractivity contribution in [2.24, 2.45) is 0 Å². The van der Waals surface area contributed by atoms with E-state index in [-0.39, 0.29) is 0 Å². The lowest BCUT2D eigenvalue weighted by molar-refractivity contribution is -0.128. The van der Waals surface area contributed by atoms with E-state index in [9.17, 15) is 4.79 Å². The molecule has 0 aliphatic heterocycles. The zero-order chi connectivity index (χ0) is 7.23. The second kappa shape index (κ2) is 3.66. The van der Waals surface area contributed by atoms with Crippen molar-refractivity contribution in [3.63, 3.8) is 0 Å². The van der Waals surface area contributed by atoms with E-state index in [1.165, 1.54) is 0 Å². The number of carbonyl (C=O) groups is 1. The van der Waals surface area contributed by atoms with Gasteiger partial charge in [0.25, 0.3) is 6.47 Å². The molecule has 4 nitrogen and oxygen atoms in total. The van der Waals surface area contributed by atoms with Crippen LogP contribution in [0, 0.1) is 0 Å². The van der Waals surface area contributed by atoms with Crippen molar-refractivity contribution in [2.75, 3.05) is 6.61 Å². The largest absolute Gasteiger partial charge is 0.468 e. The fourth-order valence-corrected chi connectivity index (χ4v) is 0.639. The molecule has 0 aliphatic rings. The van der Waals surface area contributed by atoms with E-state index >= 15 is 0 Å². The molecule has 1 heterocycles. The van der Waals surface area contributed by atoms with Gasteiger partial charge in [-0.15, -0.1) is 0 Å². The van der Waals surface area contributed by atoms with Crippen molar-refractivity contribution >= 4 is 6.47 Å². The van der Waals surface area contributed by atoms with Gasteiger partial charge in [0.15, 0.2) is 0 Å². The topological polar surface area (TPSA) is 55.0 Å². The average molecular weight is 140 g/mol. The summed E-state index contributed by atoms with van der Waals surface area (Å²) in [7, 11) is 0. The van der Waals surface area contributed by atoms with Gasteiger partial charge in [-0.25, -0.2) is 0 Å². The van der Waals surface area contributed by atoms with Crippen LogP contribution in [0.1, 0.15) is 5.56 Å². The molecule has 4 heteroatoms. The Labute approximate surface area is 58.2 Å². The highest BCUT2D eigenvalue weighted by atomic mass is 16.5. The first kappa shape index (κ1) is 6.80. The minimum atomic E-state index is 0.420. The van der Waals surface area contributed by atoms with Crippen LogP contribution < -0.4 is 0 Å². The lowest BCUT2D eigenvalue weighted by Crippen LogP contribution is -1.94. The predicted octanol–water partition coefficient (Wildman–Crippen LogP) is 0.125. The number of H-pyrrole nitrogens is 1. The molecule has 0 saturated carbocycles. The van der Waals surface area contributed by atoms with Gasteiger partial charge in [-0.2, -0.15) is 5.10 Å². The lowest BCUT2D eigenvalue weighted by Gasteiger charge is -1.92. The predicted molar refractivity (Wildman–Crippen MR) is 34.3 cm³/mol. The van der Waals surface area contributed by atoms with Crippen LogP contribution in [0.25, 0.3) is 0 Å². The van der Waals surface area contributed by atoms with Crippen molar-refractivity contribution in [1.82, 2.24) is 10.2 Å². The highest BCUT2D eigenvalue weighted by molar-refractivity contribution is 5.36. The van der Waals surface area contributed by atoms with Crippen molar-refractivity contribution in [2.45, 2.75) is 6.42 Å². The smallest absolute Gasteiger partial charge is 0.293 e. The normalized spacial score (nSPS) is 9.20. The first-order valence-electron chi connectivity index (χ1n) is 2.96. The van der Waals surface area contributed by atoms with Crippen molar-refractivity contribution in [3.8, 4) is 0 Å². The van der Waals surface area contributed by atoms with E-state index in [2.05, 4.69) is 14.9 Å². The minimum absolute atomic E-state index is 0.420. The van der Waals surface area contributed by atoms with Crippen LogP contribution in [0.15, 0.2) is 12.4 Å². The van der Waals surface area contributed by atoms with Crippen LogP contribution in [0.3, 0.4) is 0 Å². The molecule has 1 aromatic rings. The summed E-state index contributed by atoms with van der Waals surface area (Å²) in [6, 6.07) is 0. The number of nitrogens with zero attached hydrogens (tertiary/aromatic N) is 1. The molecule has 0 bridgehead atoms. The van der Waals surface area contributed by atoms with Crippen LogP contribution in [0.5, 0.6) is 0 Å². The molecule has 0 aliphatic carbocycles. The van der Waals surface area contributed by atoms with Crippen LogP contribution in [-0.4, -0.2) is 23.3 Å². The van der Waals surface area contributed by atoms with Crippen molar-refractivity contribution < 1.29 is 9.53 Å². The van der Waals surface area contributed by atoms with Gasteiger partial charge >= 0.3 is 0 Å². The summed E-state index contributed by atoms with van der Waals surface area (Å²) in [6.45, 7) is 0.864. The molecule has 10 heavy (non-hydrogen) atoms. The number of hydrogen-bond donors (Lipinski definition) is 1. The van der Waals surface area contributed by atoms with Gasteiger partial charge in [-0.05, 0) is 5.56 Å². The first-order valence-corrected chi connectivity index (χ1v) is 2.96. The summed E-state index contributed by atoms with van der Waals surface area (Å²) in [5.74, 6) is 0. The Morgan fingerprint density at radius 3 is 3.30 bits per heavy atom. The quantitative estimate of drug-likeness (QED) is 0.477. The Hall–Kier alpha value is -1.32. The second-order valence-corrected chi connectivity index (χ2v) is 1.82. The van der Waals surface area contributed by atoms with Gasteiger partial charge in [0.2, 0.25) is 0 Å². The molecule has 0 atom stereocenters. The third-order valence-corrected chi connectivity index (χ3v) is 1.13. The van der Waals surface area contributed by atoms with E-state index in [4.69, 9.17) is 0 Å². The third-order valence-electron chi connectivity index (χ3n) is 1.13. The molecule has 1 N–H and O–H groups in total. The molecule has 0 aromatic carbocycles. The highest BCUT2D eigenvalue weighted by Crippen LogP contribution is 1.93. The molecule has 54 valence electrons. The van der Waals surface area contributed by atoms with Crippen molar-refractivity contribution in [3.05, 3.63) is 18.0 Å². The third kappa shape index (κ3) is 1.89. The Balaban J connectivity index is 2.21. The number of ether oxygens (including phenoxy) is 1. The molecule has 0 amide bonds. The molecule has 1 rings (SSSR count). The molecule has 1 aromatic heterocycles. The van der Waals surface area contributed by atoms with E-state index in [0.717, 1.165) is 12.0 Å². The summed E-state index contributed by atoms with van der Waals surface area (Å²) >= 11 is 0. The molecule has 0 fully saturated rings. The van der Waals surface area contributed by atoms with Crippen LogP contribution in [0.4, 0.5) is 0 Å². The molecular weight excluding hydrogens is 132 g/mol. The summed E-state index contributed by atoms with van der Waals surface area (Å²) in [6.07, 6.45) is 4.19. The molecule has 0 unspecified atom stereocenters. The number of rotatable bonds is 4. The Kier molecular flexibility index (Phi) is 2.49. The van der Waals surface area contributed by atoms with Gasteiger partial charge in [-0.3, -0.25) is 9.89 Å². The SMILES string of the molecule is O=COCCc1cn[nH]c1. The number of nitrogens with one attached hydrogen (secondary N) is 1. The van der Waals surface area contributed by atoms with Crippen LogP contribution in [0.2, 0.25) is 0 Å². The molecule has 0 saturated heterocycles. The van der Waals surface area contributed by atoms with Crippen LogP contribution in [-0.2, 0) is 16.0 Å². The average Bonchev–Trinajstić information content (AvgIpc) is 2.41. The van der Waals surface area contributed by atoms with E-state index in [1.54, 1.807) is 12.4 Å². The lowest BCUT2D eigenvalue weighted by atomic mass is 10.3. The standard InChI is InChI=1S/C6H8N2O2/c9-5-10-2-1-6-3-7-8-4-6/h3-5H,1-2H2,(H,7,8). The van der Waals surface area contributed by atoms with E-state index in [1.807, 2.05) is 0 Å². The fourth-order valence-electron chi connectivity index (χ4n) is 0.639. The minimum Gasteiger partial charge on any atom is -0.468 e. The monoisotopic (exact) mass is 140 g/mol. The van der Waals surface area contributed by atoms with Gasteiger partial charge < -0.3 is 4.74 Å². The number of aromatic amines is 1. The highest BCUT2D eigenvalue weighted by Gasteiger charge is 1.91. The molecular formula is C6H8N2O2. The van der Waals surface area contributed by atoms with Gasteiger partial charge in [0.1, 0.15) is 0 Å². The molecule has 0 spiro atoms. The zero-order valence-corrected chi connectivity index (χ0v) is 5.41. The Morgan fingerprint density at radius 1 is 1.80 bits per heavy atom. The summed E-state index contributed by atoms with van der Waals surface area (Å²) in [5.41, 5.74) is 1.04. The Bertz CT molecular complexity index is 184. The van der Waals surface area contributed by atoms with Crippen molar-refractivity contribution in [1.29, 1.82) is 0 Å². The van der Waals surface area contributed by atoms with Gasteiger partial charge in [0.05, 0.1) is 12.8 Å². The second-order valence-electron chi connectivity index (χ2n) is 1.82. The van der Waals surface area contributed by atoms with E-state index < -0.39 is 0 Å². The molecule has 0 radical (unpaired) electrons. The Morgan fingerprint density at radius 2 is 2.70 bits per heavy atom. The summed E-state index contributed by atoms with van der Waals surface area (Å²) in [4.78, 5) is 9.69. The maximum absolute atomic E-state index is 9.69. The fraction of sp³-hybridized carbons (Fsp3) is 0.333. The van der Waals surface area contributed by atoms with Gasteiger partial charge in [0, 0.05) is 12.6 Å². The zero-order valence-electron chi connectivity index (χ0n) is 5.41. The summed E-state index contributed by atoms with van der Waals surface area (Å²) in [5, 5.41) is 6.39. The first-order chi connectivity index (χ1) is 4.93. The maximum Gasteiger partial charge on any atom is 0.293 e. The van der Waals surface area contributed by atoms with E-state index in [0.29, 0.717) is 13.1 Å². The van der Waals surface area contributed by atoms with Crippen LogP contribution >= 0.6 is 0 Å². The number of aromatic nitrogens is 2. The number of carbonyl (C=O) groups excluding carboxylic acids is 1.